The van der Waals surface area contributed by atoms with Crippen molar-refractivity contribution in [3.05, 3.63) is 97.1 Å². The molecule has 0 aliphatic carbocycles. The fourth-order valence-corrected chi connectivity index (χ4v) is 3.39. The summed E-state index contributed by atoms with van der Waals surface area (Å²) in [6.07, 6.45) is -0.125. The van der Waals surface area contributed by atoms with Crippen molar-refractivity contribution in [2.45, 2.75) is 19.5 Å². The van der Waals surface area contributed by atoms with Crippen molar-refractivity contribution in [3.63, 3.8) is 0 Å². The summed E-state index contributed by atoms with van der Waals surface area (Å²) in [6, 6.07) is 15.2. The van der Waals surface area contributed by atoms with Crippen LogP contribution in [0.5, 0.6) is 0 Å². The summed E-state index contributed by atoms with van der Waals surface area (Å²) in [4.78, 5) is 62.8. The molecule has 0 saturated carbocycles. The topological polar surface area (TPSA) is 140 Å². The predicted molar refractivity (Wildman–Crippen MR) is 127 cm³/mol. The average Bonchev–Trinajstić information content (AvgIpc) is 2.85. The van der Waals surface area contributed by atoms with E-state index >= 15 is 0 Å². The van der Waals surface area contributed by atoms with Gasteiger partial charge in [-0.25, -0.2) is 9.36 Å². The van der Waals surface area contributed by atoms with E-state index in [1.54, 1.807) is 54.6 Å². The fraction of sp³-hybridized carbons (Fsp3) is 0.208. The van der Waals surface area contributed by atoms with Gasteiger partial charge in [0.15, 0.2) is 6.61 Å². The van der Waals surface area contributed by atoms with Crippen LogP contribution in [0.1, 0.15) is 21.5 Å². The van der Waals surface area contributed by atoms with Gasteiger partial charge in [0.05, 0.1) is 20.1 Å². The summed E-state index contributed by atoms with van der Waals surface area (Å²) >= 11 is 5.82. The first-order valence-electron chi connectivity index (χ1n) is 10.4. The maximum Gasteiger partial charge on any atom is 0.333 e. The van der Waals surface area contributed by atoms with Crippen molar-refractivity contribution in [1.29, 1.82) is 0 Å². The first-order chi connectivity index (χ1) is 16.7. The van der Waals surface area contributed by atoms with Crippen molar-refractivity contribution in [2.75, 3.05) is 19.5 Å². The van der Waals surface area contributed by atoms with Crippen molar-refractivity contribution in [3.8, 4) is 0 Å². The van der Waals surface area contributed by atoms with Gasteiger partial charge in [-0.1, -0.05) is 54.1 Å². The van der Waals surface area contributed by atoms with Gasteiger partial charge in [0.2, 0.25) is 5.78 Å². The number of aromatic nitrogens is 2. The molecule has 0 aliphatic heterocycles. The van der Waals surface area contributed by atoms with Gasteiger partial charge in [0.25, 0.3) is 5.56 Å². The molecule has 0 radical (unpaired) electrons. The van der Waals surface area contributed by atoms with E-state index < -0.39 is 53.5 Å². The highest BCUT2D eigenvalue weighted by Gasteiger charge is 2.25. The third-order valence-corrected chi connectivity index (χ3v) is 5.32. The standard InChI is InChI=1S/C24H22ClN3O7/c1-34-20(31)13-28-23(32)21(22(26)27(24(28)33)12-16-5-3-2-4-6-16)18(29)14-35-19(30)11-15-7-9-17(25)10-8-15/h2-10H,11-14,26H2,1H3. The Kier molecular flexibility index (Phi) is 8.21. The third-order valence-electron chi connectivity index (χ3n) is 5.07. The number of hydrogen-bond donors (Lipinski definition) is 1. The minimum atomic E-state index is -1.08. The first-order valence-corrected chi connectivity index (χ1v) is 10.8. The second kappa shape index (κ2) is 11.3. The second-order valence-corrected chi connectivity index (χ2v) is 7.91. The number of nitrogen functional groups attached to an aromatic ring is 1. The molecule has 11 heteroatoms. The molecule has 0 bridgehead atoms. The molecule has 2 N–H and O–H groups in total. The Morgan fingerprint density at radius 2 is 1.57 bits per heavy atom. The Morgan fingerprint density at radius 1 is 0.914 bits per heavy atom. The molecule has 0 fully saturated rings. The van der Waals surface area contributed by atoms with Crippen molar-refractivity contribution >= 4 is 35.1 Å². The van der Waals surface area contributed by atoms with Gasteiger partial charge in [-0.15, -0.1) is 0 Å². The van der Waals surface area contributed by atoms with Crippen LogP contribution < -0.4 is 17.0 Å². The van der Waals surface area contributed by atoms with E-state index in [4.69, 9.17) is 22.1 Å². The largest absolute Gasteiger partial charge is 0.468 e. The molecule has 182 valence electrons. The van der Waals surface area contributed by atoms with Crippen LogP contribution in [0.15, 0.2) is 64.2 Å². The number of anilines is 1. The summed E-state index contributed by atoms with van der Waals surface area (Å²) in [5.74, 6) is -2.90. The van der Waals surface area contributed by atoms with Gasteiger partial charge in [-0.3, -0.25) is 23.7 Å². The monoisotopic (exact) mass is 499 g/mol. The Hall–Kier alpha value is -4.18. The summed E-state index contributed by atoms with van der Waals surface area (Å²) in [7, 11) is 1.10. The number of nitrogens with zero attached hydrogens (tertiary/aromatic N) is 2. The number of carbonyl (C=O) groups excluding carboxylic acids is 3. The van der Waals surface area contributed by atoms with Crippen LogP contribution in [0.25, 0.3) is 0 Å². The van der Waals surface area contributed by atoms with Crippen LogP contribution >= 0.6 is 11.6 Å². The van der Waals surface area contributed by atoms with Crippen LogP contribution in [0, 0.1) is 0 Å². The van der Waals surface area contributed by atoms with Crippen molar-refractivity contribution in [2.24, 2.45) is 0 Å². The van der Waals surface area contributed by atoms with Crippen LogP contribution in [0.4, 0.5) is 5.82 Å². The molecule has 0 spiro atoms. The zero-order chi connectivity index (χ0) is 25.5. The normalized spacial score (nSPS) is 10.6. The van der Waals surface area contributed by atoms with Crippen LogP contribution in [0.2, 0.25) is 5.02 Å². The van der Waals surface area contributed by atoms with E-state index in [2.05, 4.69) is 4.74 Å². The van der Waals surface area contributed by atoms with Crippen molar-refractivity contribution in [1.82, 2.24) is 9.13 Å². The maximum atomic E-state index is 13.0. The smallest absolute Gasteiger partial charge is 0.333 e. The summed E-state index contributed by atoms with van der Waals surface area (Å²) < 4.78 is 11.1. The molecule has 0 atom stereocenters. The number of hydrogen-bond acceptors (Lipinski definition) is 8. The lowest BCUT2D eigenvalue weighted by atomic mass is 10.1. The molecule has 35 heavy (non-hydrogen) atoms. The fourth-order valence-electron chi connectivity index (χ4n) is 3.27. The molecule has 10 nitrogen and oxygen atoms in total. The Labute approximate surface area is 204 Å². The van der Waals surface area contributed by atoms with E-state index in [1.165, 1.54) is 0 Å². The SMILES string of the molecule is COC(=O)Cn1c(=O)c(C(=O)COC(=O)Cc2ccc(Cl)cc2)c(N)n(Cc2ccccc2)c1=O. The highest BCUT2D eigenvalue weighted by molar-refractivity contribution is 6.30. The van der Waals surface area contributed by atoms with Crippen LogP contribution in [0.3, 0.4) is 0 Å². The number of rotatable bonds is 9. The number of ether oxygens (including phenoxy) is 2. The van der Waals surface area contributed by atoms with Gasteiger partial charge in [-0.2, -0.15) is 0 Å². The molecule has 0 unspecified atom stereocenters. The summed E-state index contributed by atoms with van der Waals surface area (Å²) in [5.41, 5.74) is 4.81. The van der Waals surface area contributed by atoms with Crippen LogP contribution in [-0.4, -0.2) is 40.6 Å². The first kappa shape index (κ1) is 25.4. The van der Waals surface area contributed by atoms with Crippen molar-refractivity contribution < 1.29 is 23.9 Å². The average molecular weight is 500 g/mol. The number of benzene rings is 2. The van der Waals surface area contributed by atoms with E-state index in [-0.39, 0.29) is 13.0 Å². The van der Waals surface area contributed by atoms with Gasteiger partial charge in [0.1, 0.15) is 17.9 Å². The molecule has 1 aromatic heterocycles. The highest BCUT2D eigenvalue weighted by atomic mass is 35.5. The lowest BCUT2D eigenvalue weighted by molar-refractivity contribution is -0.142. The number of esters is 2. The molecule has 3 aromatic rings. The Balaban J connectivity index is 1.91. The van der Waals surface area contributed by atoms with E-state index in [1.807, 2.05) is 0 Å². The number of Topliss-reactive ketones (excluding diaryl/α,β-unsaturated/α-hetero) is 1. The van der Waals surface area contributed by atoms with E-state index in [0.29, 0.717) is 20.7 Å². The predicted octanol–water partition coefficient (Wildman–Crippen LogP) is 1.44. The number of ketones is 1. The second-order valence-electron chi connectivity index (χ2n) is 7.47. The highest BCUT2D eigenvalue weighted by Crippen LogP contribution is 2.12. The summed E-state index contributed by atoms with van der Waals surface area (Å²) in [6.45, 7) is -1.57. The quantitative estimate of drug-likeness (QED) is 0.344. The van der Waals surface area contributed by atoms with Gasteiger partial charge in [-0.05, 0) is 23.3 Å². The molecular formula is C24H22ClN3O7. The Bertz CT molecular complexity index is 1360. The van der Waals surface area contributed by atoms with E-state index in [9.17, 15) is 24.0 Å². The van der Waals surface area contributed by atoms with Gasteiger partial charge >= 0.3 is 17.6 Å². The lowest BCUT2D eigenvalue weighted by Gasteiger charge is -2.16. The zero-order valence-electron chi connectivity index (χ0n) is 18.7. The molecule has 0 aliphatic rings. The number of halogens is 1. The van der Waals surface area contributed by atoms with Crippen LogP contribution in [-0.2, 0) is 38.6 Å². The molecular weight excluding hydrogens is 478 g/mol. The number of methoxy groups -OCH3 is 1. The lowest BCUT2D eigenvalue weighted by Crippen LogP contribution is -2.46. The minimum absolute atomic E-state index is 0.0659. The minimum Gasteiger partial charge on any atom is -0.468 e. The molecule has 0 saturated heterocycles. The molecule has 0 amide bonds. The van der Waals surface area contributed by atoms with Gasteiger partial charge < -0.3 is 15.2 Å². The summed E-state index contributed by atoms with van der Waals surface area (Å²) in [5, 5.41) is 0.502. The molecule has 1 heterocycles. The zero-order valence-corrected chi connectivity index (χ0v) is 19.5. The van der Waals surface area contributed by atoms with E-state index in [0.717, 1.165) is 11.7 Å². The number of carbonyl (C=O) groups is 3. The molecule has 2 aromatic carbocycles. The maximum absolute atomic E-state index is 13.0. The number of nitrogens with two attached hydrogens (primary N) is 1. The third kappa shape index (κ3) is 6.24. The van der Waals surface area contributed by atoms with Gasteiger partial charge in [0, 0.05) is 5.02 Å². The Morgan fingerprint density at radius 3 is 2.20 bits per heavy atom. The molecule has 3 rings (SSSR count).